The maximum absolute atomic E-state index is 5.57. The van der Waals surface area contributed by atoms with Crippen molar-refractivity contribution in [3.8, 4) is 0 Å². The number of nitrogens with one attached hydrogen (secondary N) is 1. The summed E-state index contributed by atoms with van der Waals surface area (Å²) in [6.45, 7) is 0. The summed E-state index contributed by atoms with van der Waals surface area (Å²) in [5.74, 6) is 5.51. The molecule has 0 aliphatic heterocycles. The second kappa shape index (κ2) is 4.31. The van der Waals surface area contributed by atoms with Gasteiger partial charge in [0.1, 0.15) is 0 Å². The van der Waals surface area contributed by atoms with Crippen molar-refractivity contribution in [3.05, 3.63) is 35.4 Å². The van der Waals surface area contributed by atoms with Crippen molar-refractivity contribution < 1.29 is 0 Å². The second-order valence-corrected chi connectivity index (χ2v) is 3.77. The Morgan fingerprint density at radius 3 is 3.00 bits per heavy atom. The van der Waals surface area contributed by atoms with E-state index in [0.717, 1.165) is 19.3 Å². The van der Waals surface area contributed by atoms with E-state index < -0.39 is 0 Å². The van der Waals surface area contributed by atoms with Gasteiger partial charge in [0, 0.05) is 0 Å². The molecule has 1 aromatic carbocycles. The number of fused-ring (bicyclic) bond motifs is 1. The van der Waals surface area contributed by atoms with Gasteiger partial charge < -0.3 is 5.73 Å². The minimum atomic E-state index is 0.158. The van der Waals surface area contributed by atoms with E-state index in [1.165, 1.54) is 11.1 Å². The van der Waals surface area contributed by atoms with Crippen LogP contribution in [0.3, 0.4) is 0 Å². The summed E-state index contributed by atoms with van der Waals surface area (Å²) in [5.41, 5.74) is 10.6. The lowest BCUT2D eigenvalue weighted by atomic mass is 9.88. The molecule has 15 heavy (non-hydrogen) atoms. The number of guanidine groups is 1. The lowest BCUT2D eigenvalue weighted by molar-refractivity contribution is 0.570. The highest BCUT2D eigenvalue weighted by Gasteiger charge is 2.18. The summed E-state index contributed by atoms with van der Waals surface area (Å²) in [5, 5.41) is 0. The summed E-state index contributed by atoms with van der Waals surface area (Å²) < 4.78 is 0. The quantitative estimate of drug-likeness (QED) is 0.274. The van der Waals surface area contributed by atoms with Gasteiger partial charge in [-0.25, -0.2) is 10.8 Å². The molecule has 1 aromatic rings. The molecule has 2 rings (SSSR count). The highest BCUT2D eigenvalue weighted by atomic mass is 15.3. The molecule has 0 saturated heterocycles. The lowest BCUT2D eigenvalue weighted by Gasteiger charge is -2.22. The molecule has 0 amide bonds. The molecule has 5 N–H and O–H groups in total. The summed E-state index contributed by atoms with van der Waals surface area (Å²) in [7, 11) is 0. The van der Waals surface area contributed by atoms with Crippen molar-refractivity contribution in [2.24, 2.45) is 16.6 Å². The summed E-state index contributed by atoms with van der Waals surface area (Å²) in [4.78, 5) is 4.35. The van der Waals surface area contributed by atoms with Crippen LogP contribution in [0.4, 0.5) is 0 Å². The molecular weight excluding hydrogens is 188 g/mol. The van der Waals surface area contributed by atoms with E-state index in [1.807, 2.05) is 6.07 Å². The monoisotopic (exact) mass is 204 g/mol. The van der Waals surface area contributed by atoms with Gasteiger partial charge in [-0.2, -0.15) is 0 Å². The minimum absolute atomic E-state index is 0.158. The van der Waals surface area contributed by atoms with Crippen LogP contribution in [-0.4, -0.2) is 5.96 Å². The molecule has 0 fully saturated rings. The molecule has 4 nitrogen and oxygen atoms in total. The number of hydrazine groups is 1. The average Bonchev–Trinajstić information content (AvgIpc) is 2.29. The summed E-state index contributed by atoms with van der Waals surface area (Å²) >= 11 is 0. The Morgan fingerprint density at radius 2 is 2.20 bits per heavy atom. The summed E-state index contributed by atoms with van der Waals surface area (Å²) in [6.07, 6.45) is 3.33. The molecule has 1 atom stereocenters. The predicted molar refractivity (Wildman–Crippen MR) is 61.1 cm³/mol. The van der Waals surface area contributed by atoms with Crippen molar-refractivity contribution in [3.63, 3.8) is 0 Å². The number of nitrogens with two attached hydrogens (primary N) is 2. The van der Waals surface area contributed by atoms with Crippen molar-refractivity contribution in [1.82, 2.24) is 5.43 Å². The number of benzene rings is 1. The highest BCUT2D eigenvalue weighted by molar-refractivity contribution is 5.77. The minimum Gasteiger partial charge on any atom is -0.369 e. The lowest BCUT2D eigenvalue weighted by Crippen LogP contribution is -2.37. The normalized spacial score (nSPS) is 20.9. The maximum atomic E-state index is 5.57. The fraction of sp³-hybridized carbons (Fsp3) is 0.364. The average molecular weight is 204 g/mol. The molecule has 1 aliphatic carbocycles. The zero-order valence-electron chi connectivity index (χ0n) is 8.61. The zero-order chi connectivity index (χ0) is 10.7. The number of rotatable bonds is 1. The topological polar surface area (TPSA) is 76.4 Å². The molecule has 0 saturated carbocycles. The van der Waals surface area contributed by atoms with Gasteiger partial charge in [-0.15, -0.1) is 0 Å². The first-order valence-corrected chi connectivity index (χ1v) is 5.19. The van der Waals surface area contributed by atoms with Crippen LogP contribution < -0.4 is 17.0 Å². The second-order valence-electron chi connectivity index (χ2n) is 3.77. The van der Waals surface area contributed by atoms with E-state index in [4.69, 9.17) is 11.6 Å². The first-order valence-electron chi connectivity index (χ1n) is 5.19. The summed E-state index contributed by atoms with van der Waals surface area (Å²) in [6, 6.07) is 8.54. The van der Waals surface area contributed by atoms with Crippen LogP contribution in [0.15, 0.2) is 29.3 Å². The van der Waals surface area contributed by atoms with Gasteiger partial charge in [0.15, 0.2) is 0 Å². The van der Waals surface area contributed by atoms with Gasteiger partial charge in [0.25, 0.3) is 0 Å². The number of aryl methyl sites for hydroxylation is 1. The standard InChI is InChI=1S/C11H16N4/c12-11(15-13)14-10-7-3-5-8-4-1-2-6-9(8)10/h1-2,4,6,10H,3,5,7,13H2,(H3,12,14,15). The van der Waals surface area contributed by atoms with Crippen molar-refractivity contribution in [2.75, 3.05) is 0 Å². The van der Waals surface area contributed by atoms with E-state index in [1.54, 1.807) is 0 Å². The number of hydrogen-bond donors (Lipinski definition) is 3. The Hall–Kier alpha value is -1.55. The van der Waals surface area contributed by atoms with Gasteiger partial charge in [0.05, 0.1) is 6.04 Å². The Kier molecular flexibility index (Phi) is 2.87. The van der Waals surface area contributed by atoms with Gasteiger partial charge in [-0.1, -0.05) is 24.3 Å². The van der Waals surface area contributed by atoms with Crippen LogP contribution in [0.25, 0.3) is 0 Å². The largest absolute Gasteiger partial charge is 0.369 e. The fourth-order valence-corrected chi connectivity index (χ4v) is 2.07. The van der Waals surface area contributed by atoms with Crippen LogP contribution in [-0.2, 0) is 6.42 Å². The van der Waals surface area contributed by atoms with Gasteiger partial charge >= 0.3 is 0 Å². The number of hydrogen-bond acceptors (Lipinski definition) is 2. The molecule has 1 unspecified atom stereocenters. The first kappa shape index (κ1) is 9.98. The predicted octanol–water partition coefficient (Wildman–Crippen LogP) is 0.842. The maximum Gasteiger partial charge on any atom is 0.203 e. The molecule has 80 valence electrons. The van der Waals surface area contributed by atoms with Crippen LogP contribution in [0.5, 0.6) is 0 Å². The van der Waals surface area contributed by atoms with Gasteiger partial charge in [0.2, 0.25) is 5.96 Å². The number of aliphatic imine (C=N–C) groups is 1. The van der Waals surface area contributed by atoms with Crippen LogP contribution in [0.2, 0.25) is 0 Å². The number of nitrogens with zero attached hydrogens (tertiary/aromatic N) is 1. The SMILES string of the molecule is NNC(N)=NC1CCCc2ccccc21. The third kappa shape index (κ3) is 2.10. The van der Waals surface area contributed by atoms with E-state index in [-0.39, 0.29) is 6.04 Å². The van der Waals surface area contributed by atoms with E-state index in [9.17, 15) is 0 Å². The van der Waals surface area contributed by atoms with Gasteiger partial charge in [-0.05, 0) is 30.4 Å². The first-order chi connectivity index (χ1) is 7.31. The van der Waals surface area contributed by atoms with E-state index >= 15 is 0 Å². The van der Waals surface area contributed by atoms with Crippen molar-refractivity contribution in [1.29, 1.82) is 0 Å². The third-order valence-corrected chi connectivity index (χ3v) is 2.78. The Labute approximate surface area is 89.3 Å². The highest BCUT2D eigenvalue weighted by Crippen LogP contribution is 2.32. The van der Waals surface area contributed by atoms with Gasteiger partial charge in [-0.3, -0.25) is 5.43 Å². The fourth-order valence-electron chi connectivity index (χ4n) is 2.07. The van der Waals surface area contributed by atoms with Crippen LogP contribution in [0, 0.1) is 0 Å². The Morgan fingerprint density at radius 1 is 1.40 bits per heavy atom. The molecule has 0 spiro atoms. The van der Waals surface area contributed by atoms with E-state index in [2.05, 4.69) is 28.6 Å². The third-order valence-electron chi connectivity index (χ3n) is 2.78. The van der Waals surface area contributed by atoms with Crippen LogP contribution >= 0.6 is 0 Å². The molecule has 1 aliphatic rings. The smallest absolute Gasteiger partial charge is 0.203 e. The molecular formula is C11H16N4. The van der Waals surface area contributed by atoms with Crippen LogP contribution in [0.1, 0.15) is 30.0 Å². The molecule has 4 heteroatoms. The Bertz CT molecular complexity index is 373. The van der Waals surface area contributed by atoms with Crippen molar-refractivity contribution >= 4 is 5.96 Å². The molecule has 0 aromatic heterocycles. The molecule has 0 heterocycles. The Balaban J connectivity index is 2.30. The zero-order valence-corrected chi connectivity index (χ0v) is 8.61. The van der Waals surface area contributed by atoms with E-state index in [0.29, 0.717) is 5.96 Å². The molecule has 0 radical (unpaired) electrons. The molecule has 0 bridgehead atoms. The van der Waals surface area contributed by atoms with Crippen molar-refractivity contribution in [2.45, 2.75) is 25.3 Å².